The molecule has 0 fully saturated rings. The molecule has 0 aromatic heterocycles. The fourth-order valence-electron chi connectivity index (χ4n) is 3.85. The molecule has 1 heterocycles. The van der Waals surface area contributed by atoms with Gasteiger partial charge in [-0.25, -0.2) is 13.2 Å². The van der Waals surface area contributed by atoms with E-state index in [1.807, 2.05) is 0 Å². The largest absolute Gasteiger partial charge is 0.497 e. The Kier molecular flexibility index (Phi) is 7.24. The van der Waals surface area contributed by atoms with E-state index in [0.717, 1.165) is 12.1 Å². The Morgan fingerprint density at radius 2 is 1.83 bits per heavy atom. The molecule has 0 radical (unpaired) electrons. The first-order valence-electron chi connectivity index (χ1n) is 10.8. The van der Waals surface area contributed by atoms with E-state index in [2.05, 4.69) is 5.16 Å². The molecule has 0 saturated heterocycles. The van der Waals surface area contributed by atoms with Crippen LogP contribution in [0.3, 0.4) is 0 Å². The van der Waals surface area contributed by atoms with Crippen molar-refractivity contribution in [1.82, 2.24) is 4.90 Å². The fraction of sp³-hybridized carbons (Fsp3) is 0.231. The number of ether oxygens (including phenoxy) is 2. The number of amides is 1. The monoisotopic (exact) mass is 484 g/mol. The molecule has 1 aliphatic rings. The fourth-order valence-corrected chi connectivity index (χ4v) is 3.85. The molecule has 1 aliphatic heterocycles. The van der Waals surface area contributed by atoms with Gasteiger partial charge in [0.2, 0.25) is 0 Å². The molecule has 0 saturated carbocycles. The molecule has 0 unspecified atom stereocenters. The number of carbonyl (C=O) groups excluding carboxylic acids is 1. The molecule has 182 valence electrons. The van der Waals surface area contributed by atoms with Gasteiger partial charge in [-0.1, -0.05) is 29.4 Å². The number of halogens is 3. The lowest BCUT2D eigenvalue weighted by molar-refractivity contribution is 0.0401. The first-order valence-corrected chi connectivity index (χ1v) is 10.8. The number of oxime groups is 1. The van der Waals surface area contributed by atoms with Crippen molar-refractivity contribution in [3.8, 4) is 11.5 Å². The molecule has 1 atom stereocenters. The molecule has 3 aromatic carbocycles. The molecule has 0 aliphatic carbocycles. The second-order valence-electron chi connectivity index (χ2n) is 7.94. The molecular weight excluding hydrogens is 461 g/mol. The van der Waals surface area contributed by atoms with E-state index in [0.29, 0.717) is 17.0 Å². The maximum absolute atomic E-state index is 14.4. The molecule has 6 nitrogen and oxygen atoms in total. The van der Waals surface area contributed by atoms with Crippen molar-refractivity contribution in [1.29, 1.82) is 0 Å². The first kappa shape index (κ1) is 24.1. The maximum Gasteiger partial charge on any atom is 0.258 e. The van der Waals surface area contributed by atoms with E-state index < -0.39 is 29.5 Å². The van der Waals surface area contributed by atoms with Gasteiger partial charge in [0.1, 0.15) is 29.0 Å². The molecule has 35 heavy (non-hydrogen) atoms. The van der Waals surface area contributed by atoms with Crippen LogP contribution in [0.5, 0.6) is 11.5 Å². The summed E-state index contributed by atoms with van der Waals surface area (Å²) in [5, 5.41) is 4.00. The molecular formula is C26H23F3N2O4. The predicted octanol–water partition coefficient (Wildman–Crippen LogP) is 4.96. The summed E-state index contributed by atoms with van der Waals surface area (Å²) in [6.07, 6.45) is -0.350. The smallest absolute Gasteiger partial charge is 0.258 e. The third-order valence-corrected chi connectivity index (χ3v) is 5.64. The standard InChI is InChI=1S/C26H23F3N2O4/c1-33-18-9-10-21(25(13-18)34-2)26(32)31(14-16-7-8-17(27)11-23(16)29)15-19-12-24(30-35-19)20-5-3-4-6-22(20)28/h3-11,13,19H,12,14-15H2,1-2H3/t19-/m1/s1. The second-order valence-corrected chi connectivity index (χ2v) is 7.94. The lowest BCUT2D eigenvalue weighted by Gasteiger charge is -2.26. The third-order valence-electron chi connectivity index (χ3n) is 5.64. The zero-order valence-corrected chi connectivity index (χ0v) is 19.1. The van der Waals surface area contributed by atoms with Crippen LogP contribution in [0.2, 0.25) is 0 Å². The summed E-state index contributed by atoms with van der Waals surface area (Å²) in [5.74, 6) is -1.62. The van der Waals surface area contributed by atoms with Crippen LogP contribution < -0.4 is 9.47 Å². The number of benzene rings is 3. The Hall–Kier alpha value is -4.01. The van der Waals surface area contributed by atoms with Gasteiger partial charge in [-0.15, -0.1) is 0 Å². The highest BCUT2D eigenvalue weighted by Crippen LogP contribution is 2.28. The molecule has 0 N–H and O–H groups in total. The molecule has 1 amide bonds. The summed E-state index contributed by atoms with van der Waals surface area (Å²) < 4.78 is 52.6. The zero-order valence-electron chi connectivity index (χ0n) is 19.1. The van der Waals surface area contributed by atoms with Gasteiger partial charge in [-0.05, 0) is 24.3 Å². The highest BCUT2D eigenvalue weighted by molar-refractivity contribution is 6.01. The van der Waals surface area contributed by atoms with Gasteiger partial charge in [0, 0.05) is 36.2 Å². The normalized spacial score (nSPS) is 14.8. The van der Waals surface area contributed by atoms with E-state index in [1.165, 1.54) is 31.3 Å². The van der Waals surface area contributed by atoms with Gasteiger partial charge in [-0.3, -0.25) is 4.79 Å². The highest BCUT2D eigenvalue weighted by atomic mass is 19.1. The van der Waals surface area contributed by atoms with E-state index in [-0.39, 0.29) is 36.4 Å². The molecule has 0 spiro atoms. The van der Waals surface area contributed by atoms with Crippen molar-refractivity contribution in [3.05, 3.63) is 94.8 Å². The third kappa shape index (κ3) is 5.40. The van der Waals surface area contributed by atoms with Gasteiger partial charge in [0.25, 0.3) is 5.91 Å². The summed E-state index contributed by atoms with van der Waals surface area (Å²) >= 11 is 0. The van der Waals surface area contributed by atoms with Crippen molar-refractivity contribution in [2.24, 2.45) is 5.16 Å². The predicted molar refractivity (Wildman–Crippen MR) is 123 cm³/mol. The second kappa shape index (κ2) is 10.5. The van der Waals surface area contributed by atoms with Crippen LogP contribution in [0, 0.1) is 17.5 Å². The van der Waals surface area contributed by atoms with E-state index in [9.17, 15) is 18.0 Å². The lowest BCUT2D eigenvalue weighted by atomic mass is 10.0. The number of carbonyl (C=O) groups is 1. The van der Waals surface area contributed by atoms with Gasteiger partial charge in [0.15, 0.2) is 6.10 Å². The summed E-state index contributed by atoms with van der Waals surface area (Å²) in [6.45, 7) is -0.138. The van der Waals surface area contributed by atoms with Gasteiger partial charge in [0.05, 0.1) is 32.0 Å². The van der Waals surface area contributed by atoms with Crippen molar-refractivity contribution in [3.63, 3.8) is 0 Å². The number of nitrogens with zero attached hydrogens (tertiary/aromatic N) is 2. The van der Waals surface area contributed by atoms with Gasteiger partial charge in [-0.2, -0.15) is 0 Å². The van der Waals surface area contributed by atoms with Crippen LogP contribution in [0.4, 0.5) is 13.2 Å². The lowest BCUT2D eigenvalue weighted by Crippen LogP contribution is -2.37. The quantitative estimate of drug-likeness (QED) is 0.454. The van der Waals surface area contributed by atoms with Crippen molar-refractivity contribution in [2.45, 2.75) is 19.1 Å². The number of rotatable bonds is 8. The Morgan fingerprint density at radius 3 is 2.54 bits per heavy atom. The average molecular weight is 484 g/mol. The molecule has 0 bridgehead atoms. The summed E-state index contributed by atoms with van der Waals surface area (Å²) in [5.41, 5.74) is 1.08. The maximum atomic E-state index is 14.4. The molecule has 3 aromatic rings. The zero-order chi connectivity index (χ0) is 24.9. The van der Waals surface area contributed by atoms with Crippen LogP contribution >= 0.6 is 0 Å². The molecule has 4 rings (SSSR count). The number of methoxy groups -OCH3 is 2. The Labute approximate surface area is 200 Å². The van der Waals surface area contributed by atoms with Crippen LogP contribution in [0.15, 0.2) is 65.8 Å². The molecule has 9 heteroatoms. The Bertz CT molecular complexity index is 1270. The number of hydrogen-bond acceptors (Lipinski definition) is 5. The number of hydrogen-bond donors (Lipinski definition) is 0. The Morgan fingerprint density at radius 1 is 1.03 bits per heavy atom. The van der Waals surface area contributed by atoms with Crippen LogP contribution in [0.1, 0.15) is 27.9 Å². The average Bonchev–Trinajstić information content (AvgIpc) is 3.32. The summed E-state index contributed by atoms with van der Waals surface area (Å²) in [6, 6.07) is 14.1. The van der Waals surface area contributed by atoms with E-state index >= 15 is 0 Å². The first-order chi connectivity index (χ1) is 16.9. The van der Waals surface area contributed by atoms with Crippen molar-refractivity contribution < 1.29 is 32.3 Å². The van der Waals surface area contributed by atoms with E-state index in [4.69, 9.17) is 14.3 Å². The minimum absolute atomic E-state index is 0.0201. The highest BCUT2D eigenvalue weighted by Gasteiger charge is 2.30. The summed E-state index contributed by atoms with van der Waals surface area (Å²) in [4.78, 5) is 20.4. The van der Waals surface area contributed by atoms with Gasteiger partial charge >= 0.3 is 0 Å². The van der Waals surface area contributed by atoms with Gasteiger partial charge < -0.3 is 19.2 Å². The van der Waals surface area contributed by atoms with Crippen LogP contribution in [-0.4, -0.2) is 43.4 Å². The topological polar surface area (TPSA) is 60.4 Å². The summed E-state index contributed by atoms with van der Waals surface area (Å²) in [7, 11) is 2.91. The minimum Gasteiger partial charge on any atom is -0.497 e. The van der Waals surface area contributed by atoms with Crippen LogP contribution in [0.25, 0.3) is 0 Å². The minimum atomic E-state index is -0.778. The van der Waals surface area contributed by atoms with E-state index in [1.54, 1.807) is 36.4 Å². The van der Waals surface area contributed by atoms with Crippen LogP contribution in [-0.2, 0) is 11.4 Å². The van der Waals surface area contributed by atoms with Crippen molar-refractivity contribution in [2.75, 3.05) is 20.8 Å². The SMILES string of the molecule is COc1ccc(C(=O)N(Cc2ccc(F)cc2F)C[C@H]2CC(c3ccccc3F)=NO2)c(OC)c1. The van der Waals surface area contributed by atoms with Crippen molar-refractivity contribution >= 4 is 11.6 Å². The Balaban J connectivity index is 1.60.